The molecule has 1 N–H and O–H groups in total. The van der Waals surface area contributed by atoms with Gasteiger partial charge in [0.2, 0.25) is 5.91 Å². The summed E-state index contributed by atoms with van der Waals surface area (Å²) in [5, 5.41) is 3.31. The lowest BCUT2D eigenvalue weighted by atomic mass is 9.98. The molecule has 2 unspecified atom stereocenters. The van der Waals surface area contributed by atoms with Crippen LogP contribution < -0.4 is 5.32 Å². The highest BCUT2D eigenvalue weighted by molar-refractivity contribution is 5.82. The monoisotopic (exact) mass is 333 g/mol. The van der Waals surface area contributed by atoms with Gasteiger partial charge in [-0.25, -0.2) is 4.39 Å². The van der Waals surface area contributed by atoms with Crippen LogP contribution in [0.25, 0.3) is 0 Å². The number of likely N-dealkylation sites (N-methyl/N-ethyl adjacent to an activating group) is 1. The van der Waals surface area contributed by atoms with Gasteiger partial charge in [-0.2, -0.15) is 0 Å². The molecule has 2 aliphatic heterocycles. The normalized spacial score (nSPS) is 25.7. The van der Waals surface area contributed by atoms with Crippen molar-refractivity contribution < 1.29 is 9.18 Å². The highest BCUT2D eigenvalue weighted by Crippen LogP contribution is 2.23. The second kappa shape index (κ2) is 8.08. The number of nitrogens with zero attached hydrogens (tertiary/aromatic N) is 2. The fraction of sp³-hybridized carbons (Fsp3) is 0.632. The Morgan fingerprint density at radius 1 is 1.17 bits per heavy atom. The van der Waals surface area contributed by atoms with Crippen molar-refractivity contribution in [3.63, 3.8) is 0 Å². The van der Waals surface area contributed by atoms with Crippen LogP contribution in [-0.2, 0) is 11.3 Å². The van der Waals surface area contributed by atoms with Crippen molar-refractivity contribution in [2.75, 3.05) is 26.7 Å². The molecule has 1 amide bonds. The quantitative estimate of drug-likeness (QED) is 0.919. The van der Waals surface area contributed by atoms with Crippen LogP contribution >= 0.6 is 0 Å². The number of carbonyl (C=O) groups excluding carboxylic acids is 1. The standard InChI is InChI=1S/C19H28FN3O/c1-21-17-5-4-12-23(14-17)19(24)18-6-2-3-11-22(18)13-15-7-9-16(20)10-8-15/h7-10,17-18,21H,2-6,11-14H2,1H3. The first kappa shape index (κ1) is 17.4. The predicted octanol–water partition coefficient (Wildman–Crippen LogP) is 2.39. The Balaban J connectivity index is 1.67. The molecule has 1 aromatic carbocycles. The second-order valence-electron chi connectivity index (χ2n) is 7.02. The van der Waals surface area contributed by atoms with Crippen LogP contribution in [0.5, 0.6) is 0 Å². The van der Waals surface area contributed by atoms with Crippen LogP contribution in [0, 0.1) is 5.82 Å². The van der Waals surface area contributed by atoms with Gasteiger partial charge in [0, 0.05) is 25.7 Å². The van der Waals surface area contributed by atoms with Gasteiger partial charge in [-0.05, 0) is 57.0 Å². The number of piperidine rings is 2. The molecule has 0 saturated carbocycles. The molecule has 4 nitrogen and oxygen atoms in total. The Kier molecular flexibility index (Phi) is 5.85. The molecule has 2 heterocycles. The lowest BCUT2D eigenvalue weighted by Gasteiger charge is -2.40. The van der Waals surface area contributed by atoms with Gasteiger partial charge in [0.15, 0.2) is 0 Å². The van der Waals surface area contributed by atoms with Gasteiger partial charge in [-0.1, -0.05) is 18.6 Å². The molecule has 0 radical (unpaired) electrons. The molecular formula is C19H28FN3O. The minimum atomic E-state index is -0.212. The molecule has 3 rings (SSSR count). The van der Waals surface area contributed by atoms with Crippen LogP contribution in [0.3, 0.4) is 0 Å². The van der Waals surface area contributed by atoms with Gasteiger partial charge in [0.1, 0.15) is 5.82 Å². The van der Waals surface area contributed by atoms with Gasteiger partial charge < -0.3 is 10.2 Å². The average molecular weight is 333 g/mol. The van der Waals surface area contributed by atoms with E-state index in [1.165, 1.54) is 12.1 Å². The fourth-order valence-electron chi connectivity index (χ4n) is 3.91. The van der Waals surface area contributed by atoms with Crippen molar-refractivity contribution in [3.8, 4) is 0 Å². The Hall–Kier alpha value is -1.46. The van der Waals surface area contributed by atoms with E-state index >= 15 is 0 Å². The summed E-state index contributed by atoms with van der Waals surface area (Å²) in [5.41, 5.74) is 1.07. The summed E-state index contributed by atoms with van der Waals surface area (Å²) >= 11 is 0. The van der Waals surface area contributed by atoms with E-state index in [0.29, 0.717) is 6.04 Å². The number of rotatable bonds is 4. The molecule has 5 heteroatoms. The second-order valence-corrected chi connectivity index (χ2v) is 7.02. The smallest absolute Gasteiger partial charge is 0.239 e. The van der Waals surface area contributed by atoms with Gasteiger partial charge >= 0.3 is 0 Å². The van der Waals surface area contributed by atoms with Crippen LogP contribution in [0.15, 0.2) is 24.3 Å². The Morgan fingerprint density at radius 2 is 1.96 bits per heavy atom. The van der Waals surface area contributed by atoms with Crippen molar-refractivity contribution in [3.05, 3.63) is 35.6 Å². The van der Waals surface area contributed by atoms with Crippen LogP contribution in [0.2, 0.25) is 0 Å². The van der Waals surface area contributed by atoms with E-state index < -0.39 is 0 Å². The fourth-order valence-corrected chi connectivity index (χ4v) is 3.91. The van der Waals surface area contributed by atoms with E-state index in [0.717, 1.165) is 63.8 Å². The molecule has 0 aromatic heterocycles. The van der Waals surface area contributed by atoms with Crippen molar-refractivity contribution >= 4 is 5.91 Å². The van der Waals surface area contributed by atoms with E-state index in [9.17, 15) is 9.18 Å². The van der Waals surface area contributed by atoms with E-state index in [4.69, 9.17) is 0 Å². The molecule has 2 fully saturated rings. The van der Waals surface area contributed by atoms with Crippen LogP contribution in [0.4, 0.5) is 4.39 Å². The molecule has 0 aliphatic carbocycles. The van der Waals surface area contributed by atoms with Crippen molar-refractivity contribution in [2.45, 2.75) is 50.7 Å². The summed E-state index contributed by atoms with van der Waals surface area (Å²) in [5.74, 6) is 0.0632. The molecule has 2 atom stereocenters. The van der Waals surface area contributed by atoms with Gasteiger partial charge in [0.05, 0.1) is 6.04 Å². The number of halogens is 1. The molecule has 0 spiro atoms. The average Bonchev–Trinajstić information content (AvgIpc) is 2.63. The zero-order chi connectivity index (χ0) is 16.9. The third-order valence-electron chi connectivity index (χ3n) is 5.34. The number of carbonyl (C=O) groups is 1. The summed E-state index contributed by atoms with van der Waals surface area (Å²) in [7, 11) is 1.97. The Morgan fingerprint density at radius 3 is 2.71 bits per heavy atom. The topological polar surface area (TPSA) is 35.6 Å². The molecule has 132 valence electrons. The third kappa shape index (κ3) is 4.14. The first-order valence-electron chi connectivity index (χ1n) is 9.12. The van der Waals surface area contributed by atoms with E-state index in [1.807, 2.05) is 24.1 Å². The lowest BCUT2D eigenvalue weighted by molar-refractivity contribution is -0.140. The summed E-state index contributed by atoms with van der Waals surface area (Å²) in [6, 6.07) is 7.03. The highest BCUT2D eigenvalue weighted by Gasteiger charge is 2.33. The summed E-state index contributed by atoms with van der Waals surface area (Å²) in [4.78, 5) is 17.4. The van der Waals surface area contributed by atoms with Gasteiger partial charge in [-0.15, -0.1) is 0 Å². The molecular weight excluding hydrogens is 305 g/mol. The number of hydrogen-bond donors (Lipinski definition) is 1. The van der Waals surface area contributed by atoms with E-state index in [2.05, 4.69) is 10.2 Å². The largest absolute Gasteiger partial charge is 0.340 e. The maximum atomic E-state index is 13.1. The zero-order valence-electron chi connectivity index (χ0n) is 14.5. The number of likely N-dealkylation sites (tertiary alicyclic amines) is 2. The summed E-state index contributed by atoms with van der Waals surface area (Å²) in [6.07, 6.45) is 5.39. The number of hydrogen-bond acceptors (Lipinski definition) is 3. The molecule has 2 saturated heterocycles. The molecule has 2 aliphatic rings. The Bertz CT molecular complexity index is 548. The number of benzene rings is 1. The first-order chi connectivity index (χ1) is 11.7. The maximum absolute atomic E-state index is 13.1. The molecule has 1 aromatic rings. The van der Waals surface area contributed by atoms with Crippen molar-refractivity contribution in [1.82, 2.24) is 15.1 Å². The predicted molar refractivity (Wildman–Crippen MR) is 93.1 cm³/mol. The number of amides is 1. The van der Waals surface area contributed by atoms with Gasteiger partial charge in [0.25, 0.3) is 0 Å². The number of nitrogens with one attached hydrogen (secondary N) is 1. The Labute approximate surface area is 144 Å². The van der Waals surface area contributed by atoms with Crippen molar-refractivity contribution in [1.29, 1.82) is 0 Å². The minimum Gasteiger partial charge on any atom is -0.340 e. The van der Waals surface area contributed by atoms with Crippen LogP contribution in [-0.4, -0.2) is 54.5 Å². The van der Waals surface area contributed by atoms with Crippen molar-refractivity contribution in [2.24, 2.45) is 0 Å². The van der Waals surface area contributed by atoms with Gasteiger partial charge in [-0.3, -0.25) is 9.69 Å². The van der Waals surface area contributed by atoms with Crippen LogP contribution in [0.1, 0.15) is 37.7 Å². The molecule has 24 heavy (non-hydrogen) atoms. The zero-order valence-corrected chi connectivity index (χ0v) is 14.5. The summed E-state index contributed by atoms with van der Waals surface area (Å²) in [6.45, 7) is 3.35. The lowest BCUT2D eigenvalue weighted by Crippen LogP contribution is -2.55. The SMILES string of the molecule is CNC1CCCN(C(=O)C2CCCCN2Cc2ccc(F)cc2)C1. The maximum Gasteiger partial charge on any atom is 0.239 e. The molecule has 0 bridgehead atoms. The summed E-state index contributed by atoms with van der Waals surface area (Å²) < 4.78 is 13.1. The first-order valence-corrected chi connectivity index (χ1v) is 9.12. The van der Waals surface area contributed by atoms with E-state index in [1.54, 1.807) is 0 Å². The minimum absolute atomic E-state index is 0.0283. The van der Waals surface area contributed by atoms with E-state index in [-0.39, 0.29) is 17.8 Å². The third-order valence-corrected chi connectivity index (χ3v) is 5.34. The highest BCUT2D eigenvalue weighted by atomic mass is 19.1.